The Bertz CT molecular complexity index is 866. The molecule has 148 valence electrons. The molecule has 1 aliphatic heterocycles. The van der Waals surface area contributed by atoms with E-state index >= 15 is 0 Å². The molecule has 3 N–H and O–H groups in total. The molecular formula is C22H27N3O3. The summed E-state index contributed by atoms with van der Waals surface area (Å²) in [6, 6.07) is 12.9. The van der Waals surface area contributed by atoms with Crippen molar-refractivity contribution in [2.45, 2.75) is 32.8 Å². The highest BCUT2D eigenvalue weighted by Gasteiger charge is 2.24. The van der Waals surface area contributed by atoms with Crippen molar-refractivity contribution in [3.63, 3.8) is 0 Å². The van der Waals surface area contributed by atoms with E-state index in [4.69, 9.17) is 0 Å². The molecule has 6 nitrogen and oxygen atoms in total. The first kappa shape index (κ1) is 19.9. The summed E-state index contributed by atoms with van der Waals surface area (Å²) in [7, 11) is 0. The van der Waals surface area contributed by atoms with Crippen LogP contribution in [0.1, 0.15) is 34.3 Å². The van der Waals surface area contributed by atoms with Crippen molar-refractivity contribution in [1.82, 2.24) is 4.90 Å². The van der Waals surface area contributed by atoms with Gasteiger partial charge in [0.05, 0.1) is 18.2 Å². The van der Waals surface area contributed by atoms with Gasteiger partial charge >= 0.3 is 0 Å². The molecule has 6 heteroatoms. The Hall–Kier alpha value is -2.86. The first-order valence-electron chi connectivity index (χ1n) is 9.62. The molecule has 0 spiro atoms. The molecule has 0 saturated carbocycles. The third-order valence-electron chi connectivity index (χ3n) is 5.16. The molecule has 2 amide bonds. The van der Waals surface area contributed by atoms with Crippen LogP contribution < -0.4 is 10.6 Å². The van der Waals surface area contributed by atoms with Gasteiger partial charge in [0.25, 0.3) is 5.91 Å². The van der Waals surface area contributed by atoms with Crippen LogP contribution in [0, 0.1) is 13.8 Å². The summed E-state index contributed by atoms with van der Waals surface area (Å²) in [6.45, 7) is 5.01. The predicted molar refractivity (Wildman–Crippen MR) is 111 cm³/mol. The van der Waals surface area contributed by atoms with Crippen LogP contribution in [-0.4, -0.2) is 47.6 Å². The van der Waals surface area contributed by atoms with E-state index in [0.29, 0.717) is 24.3 Å². The Morgan fingerprint density at radius 3 is 2.64 bits per heavy atom. The zero-order chi connectivity index (χ0) is 20.1. The van der Waals surface area contributed by atoms with Gasteiger partial charge in [-0.05, 0) is 56.0 Å². The van der Waals surface area contributed by atoms with Gasteiger partial charge in [-0.2, -0.15) is 0 Å². The number of para-hydroxylation sites is 1. The number of hydrogen-bond donors (Lipinski definition) is 3. The number of amides is 2. The van der Waals surface area contributed by atoms with E-state index in [2.05, 4.69) is 10.6 Å². The number of nitrogens with zero attached hydrogens (tertiary/aromatic N) is 1. The highest BCUT2D eigenvalue weighted by molar-refractivity contribution is 6.01. The van der Waals surface area contributed by atoms with Crippen LogP contribution in [-0.2, 0) is 4.79 Å². The molecule has 1 heterocycles. The monoisotopic (exact) mass is 381 g/mol. The molecule has 0 unspecified atom stereocenters. The fourth-order valence-corrected chi connectivity index (χ4v) is 3.39. The Morgan fingerprint density at radius 2 is 1.86 bits per heavy atom. The summed E-state index contributed by atoms with van der Waals surface area (Å²) in [4.78, 5) is 26.9. The molecule has 0 bridgehead atoms. The van der Waals surface area contributed by atoms with Crippen LogP contribution >= 0.6 is 0 Å². The number of aliphatic hydroxyl groups is 1. The topological polar surface area (TPSA) is 81.7 Å². The molecule has 0 aliphatic carbocycles. The second kappa shape index (κ2) is 8.89. The number of benzene rings is 2. The van der Waals surface area contributed by atoms with Crippen LogP contribution in [0.2, 0.25) is 0 Å². The third kappa shape index (κ3) is 4.70. The summed E-state index contributed by atoms with van der Waals surface area (Å²) >= 11 is 0. The largest absolute Gasteiger partial charge is 0.391 e. The first-order chi connectivity index (χ1) is 13.5. The van der Waals surface area contributed by atoms with Gasteiger partial charge in [0.1, 0.15) is 0 Å². The Labute approximate surface area is 165 Å². The Kier molecular flexibility index (Phi) is 6.31. The van der Waals surface area contributed by atoms with E-state index in [-0.39, 0.29) is 18.4 Å². The van der Waals surface area contributed by atoms with Gasteiger partial charge in [-0.25, -0.2) is 0 Å². The minimum absolute atomic E-state index is 0.0559. The average molecular weight is 381 g/mol. The number of aryl methyl sites for hydroxylation is 1. The van der Waals surface area contributed by atoms with Gasteiger partial charge in [0, 0.05) is 24.5 Å². The Morgan fingerprint density at radius 1 is 1.11 bits per heavy atom. The molecule has 1 atom stereocenters. The number of aliphatic hydroxyl groups excluding tert-OH is 1. The van der Waals surface area contributed by atoms with E-state index in [1.165, 1.54) is 0 Å². The maximum absolute atomic E-state index is 12.9. The lowest BCUT2D eigenvalue weighted by molar-refractivity contribution is -0.114. The number of piperidine rings is 1. The molecule has 1 aliphatic rings. The summed E-state index contributed by atoms with van der Waals surface area (Å²) in [5, 5.41) is 15.8. The van der Waals surface area contributed by atoms with Crippen molar-refractivity contribution in [1.29, 1.82) is 0 Å². The number of β-amino-alcohol motifs (C(OH)–C–C–N with tert-alkyl or cyclic N) is 1. The lowest BCUT2D eigenvalue weighted by Gasteiger charge is -2.30. The molecule has 3 rings (SSSR count). The zero-order valence-electron chi connectivity index (χ0n) is 16.4. The van der Waals surface area contributed by atoms with Gasteiger partial charge in [0.15, 0.2) is 0 Å². The van der Waals surface area contributed by atoms with Crippen molar-refractivity contribution in [3.05, 3.63) is 59.2 Å². The fourth-order valence-electron chi connectivity index (χ4n) is 3.39. The summed E-state index contributed by atoms with van der Waals surface area (Å²) < 4.78 is 0. The van der Waals surface area contributed by atoms with Crippen molar-refractivity contribution >= 4 is 23.2 Å². The van der Waals surface area contributed by atoms with Crippen LogP contribution in [0.4, 0.5) is 11.4 Å². The van der Waals surface area contributed by atoms with Crippen molar-refractivity contribution in [2.24, 2.45) is 0 Å². The predicted octanol–water partition coefficient (Wildman–Crippen LogP) is 2.95. The van der Waals surface area contributed by atoms with Crippen molar-refractivity contribution < 1.29 is 14.7 Å². The van der Waals surface area contributed by atoms with E-state index in [1.54, 1.807) is 23.1 Å². The third-order valence-corrected chi connectivity index (χ3v) is 5.16. The second-order valence-corrected chi connectivity index (χ2v) is 7.24. The van der Waals surface area contributed by atoms with Gasteiger partial charge < -0.3 is 20.6 Å². The number of carbonyl (C=O) groups excluding carboxylic acids is 2. The molecule has 2 aromatic carbocycles. The van der Waals surface area contributed by atoms with Crippen LogP contribution in [0.15, 0.2) is 42.5 Å². The number of hydrogen-bond acceptors (Lipinski definition) is 4. The molecule has 0 radical (unpaired) electrons. The van der Waals surface area contributed by atoms with Gasteiger partial charge in [-0.3, -0.25) is 9.59 Å². The quantitative estimate of drug-likeness (QED) is 0.744. The summed E-state index contributed by atoms with van der Waals surface area (Å²) in [5.41, 5.74) is 4.07. The lowest BCUT2D eigenvalue weighted by atomic mass is 10.1. The van der Waals surface area contributed by atoms with Gasteiger partial charge in [-0.15, -0.1) is 0 Å². The zero-order valence-corrected chi connectivity index (χ0v) is 16.4. The summed E-state index contributed by atoms with van der Waals surface area (Å²) in [5.74, 6) is -0.305. The second-order valence-electron chi connectivity index (χ2n) is 7.24. The standard InChI is InChI=1S/C22H27N3O3/c1-15-7-5-11-19(16(15)2)24-21(27)13-23-20-10-4-3-9-18(20)22(28)25-12-6-8-17(26)14-25/h3-5,7,9-11,17,23,26H,6,8,12-14H2,1-2H3,(H,24,27)/t17-/m0/s1. The Balaban J connectivity index is 1.65. The van der Waals surface area contributed by atoms with Crippen LogP contribution in [0.3, 0.4) is 0 Å². The molecule has 1 fully saturated rings. The van der Waals surface area contributed by atoms with Crippen molar-refractivity contribution in [3.8, 4) is 0 Å². The van der Waals surface area contributed by atoms with E-state index in [0.717, 1.165) is 29.7 Å². The average Bonchev–Trinajstić information content (AvgIpc) is 2.69. The number of rotatable bonds is 5. The minimum atomic E-state index is -0.471. The number of carbonyl (C=O) groups is 2. The maximum Gasteiger partial charge on any atom is 0.256 e. The molecule has 2 aromatic rings. The van der Waals surface area contributed by atoms with Crippen LogP contribution in [0.25, 0.3) is 0 Å². The van der Waals surface area contributed by atoms with Gasteiger partial charge in [0.2, 0.25) is 5.91 Å². The van der Waals surface area contributed by atoms with Gasteiger partial charge in [-0.1, -0.05) is 24.3 Å². The minimum Gasteiger partial charge on any atom is -0.391 e. The highest BCUT2D eigenvalue weighted by atomic mass is 16.3. The molecule has 1 saturated heterocycles. The molecule has 0 aromatic heterocycles. The van der Waals surface area contributed by atoms with E-state index in [9.17, 15) is 14.7 Å². The molecule has 28 heavy (non-hydrogen) atoms. The number of anilines is 2. The first-order valence-corrected chi connectivity index (χ1v) is 9.62. The van der Waals surface area contributed by atoms with E-state index < -0.39 is 6.10 Å². The summed E-state index contributed by atoms with van der Waals surface area (Å²) in [6.07, 6.45) is 1.05. The normalized spacial score (nSPS) is 16.5. The smallest absolute Gasteiger partial charge is 0.256 e. The molecular weight excluding hydrogens is 354 g/mol. The number of nitrogens with one attached hydrogen (secondary N) is 2. The SMILES string of the molecule is Cc1cccc(NC(=O)CNc2ccccc2C(=O)N2CCC[C@H](O)C2)c1C. The van der Waals surface area contributed by atoms with Crippen molar-refractivity contribution in [2.75, 3.05) is 30.3 Å². The van der Waals surface area contributed by atoms with Crippen LogP contribution in [0.5, 0.6) is 0 Å². The maximum atomic E-state index is 12.9. The fraction of sp³-hybridized carbons (Fsp3) is 0.364. The highest BCUT2D eigenvalue weighted by Crippen LogP contribution is 2.21. The number of likely N-dealkylation sites (tertiary alicyclic amines) is 1. The van der Waals surface area contributed by atoms with E-state index in [1.807, 2.05) is 38.1 Å². The lowest BCUT2D eigenvalue weighted by Crippen LogP contribution is -2.42.